The fourth-order valence-corrected chi connectivity index (χ4v) is 2.38. The van der Waals surface area contributed by atoms with Crippen LogP contribution in [0.2, 0.25) is 0 Å². The molecule has 0 spiro atoms. The molecule has 19 heavy (non-hydrogen) atoms. The van der Waals surface area contributed by atoms with Crippen molar-refractivity contribution < 1.29 is 4.79 Å². The van der Waals surface area contributed by atoms with Crippen LogP contribution in [-0.2, 0) is 7.05 Å². The quantitative estimate of drug-likeness (QED) is 0.672. The lowest BCUT2D eigenvalue weighted by molar-refractivity contribution is 0.0956. The maximum Gasteiger partial charge on any atom is 0.254 e. The Morgan fingerprint density at radius 3 is 2.74 bits per heavy atom. The van der Waals surface area contributed by atoms with Crippen LogP contribution in [0, 0.1) is 6.92 Å². The minimum Gasteiger partial charge on any atom is -0.351 e. The normalized spacial score (nSPS) is 10.4. The van der Waals surface area contributed by atoms with Crippen molar-refractivity contribution in [3.63, 3.8) is 0 Å². The van der Waals surface area contributed by atoms with Gasteiger partial charge < -0.3 is 5.32 Å². The third-order valence-corrected chi connectivity index (χ3v) is 3.66. The van der Waals surface area contributed by atoms with Gasteiger partial charge in [-0.15, -0.1) is 11.8 Å². The zero-order valence-electron chi connectivity index (χ0n) is 11.1. The van der Waals surface area contributed by atoms with Crippen LogP contribution in [0.3, 0.4) is 0 Å². The molecule has 0 aliphatic heterocycles. The van der Waals surface area contributed by atoms with Crippen molar-refractivity contribution in [2.24, 2.45) is 7.05 Å². The van der Waals surface area contributed by atoms with Crippen molar-refractivity contribution in [3.8, 4) is 0 Å². The summed E-state index contributed by atoms with van der Waals surface area (Å²) in [6.07, 6.45) is 3.28. The van der Waals surface area contributed by atoms with Crippen molar-refractivity contribution in [2.45, 2.75) is 11.8 Å². The second kappa shape index (κ2) is 6.43. The molecule has 0 saturated carbocycles. The molecule has 0 aliphatic carbocycles. The van der Waals surface area contributed by atoms with Gasteiger partial charge in [-0.1, -0.05) is 17.7 Å². The Balaban J connectivity index is 1.72. The van der Waals surface area contributed by atoms with Gasteiger partial charge in [0, 0.05) is 30.4 Å². The fraction of sp³-hybridized carbons (Fsp3) is 0.286. The van der Waals surface area contributed by atoms with Gasteiger partial charge in [-0.3, -0.25) is 9.48 Å². The molecule has 0 atom stereocenters. The zero-order chi connectivity index (χ0) is 13.7. The summed E-state index contributed by atoms with van der Waals surface area (Å²) in [4.78, 5) is 13.0. The van der Waals surface area contributed by atoms with Gasteiger partial charge in [0.05, 0.1) is 11.8 Å². The number of rotatable bonds is 5. The first kappa shape index (κ1) is 13.7. The van der Waals surface area contributed by atoms with Gasteiger partial charge in [-0.25, -0.2) is 0 Å². The average Bonchev–Trinajstić information content (AvgIpc) is 2.83. The van der Waals surface area contributed by atoms with Crippen LogP contribution in [0.5, 0.6) is 0 Å². The molecule has 100 valence electrons. The highest BCUT2D eigenvalue weighted by atomic mass is 32.2. The predicted octanol–water partition coefficient (Wildman–Crippen LogP) is 2.25. The third-order valence-electron chi connectivity index (χ3n) is 2.64. The van der Waals surface area contributed by atoms with E-state index in [1.807, 2.05) is 0 Å². The number of hydrogen-bond donors (Lipinski definition) is 1. The first-order valence-electron chi connectivity index (χ1n) is 6.11. The van der Waals surface area contributed by atoms with E-state index in [1.54, 1.807) is 35.9 Å². The molecule has 1 N–H and O–H groups in total. The summed E-state index contributed by atoms with van der Waals surface area (Å²) < 4.78 is 1.62. The first-order valence-corrected chi connectivity index (χ1v) is 7.10. The molecule has 0 aliphatic rings. The third kappa shape index (κ3) is 4.13. The van der Waals surface area contributed by atoms with E-state index in [0.717, 1.165) is 5.75 Å². The highest BCUT2D eigenvalue weighted by molar-refractivity contribution is 7.99. The van der Waals surface area contributed by atoms with Crippen molar-refractivity contribution >= 4 is 17.7 Å². The summed E-state index contributed by atoms with van der Waals surface area (Å²) in [5, 5.41) is 6.85. The summed E-state index contributed by atoms with van der Waals surface area (Å²) in [5.41, 5.74) is 1.86. The van der Waals surface area contributed by atoms with E-state index in [9.17, 15) is 4.79 Å². The number of benzene rings is 1. The second-order valence-electron chi connectivity index (χ2n) is 4.32. The largest absolute Gasteiger partial charge is 0.351 e. The first-order chi connectivity index (χ1) is 9.15. The summed E-state index contributed by atoms with van der Waals surface area (Å²) >= 11 is 1.74. The molecule has 1 aromatic heterocycles. The van der Waals surface area contributed by atoms with E-state index < -0.39 is 0 Å². The summed E-state index contributed by atoms with van der Waals surface area (Å²) in [5.74, 6) is 0.785. The van der Waals surface area contributed by atoms with Crippen LogP contribution in [-0.4, -0.2) is 28.0 Å². The van der Waals surface area contributed by atoms with E-state index in [2.05, 4.69) is 41.6 Å². The highest BCUT2D eigenvalue weighted by Crippen LogP contribution is 2.17. The summed E-state index contributed by atoms with van der Waals surface area (Å²) in [6.45, 7) is 2.72. The van der Waals surface area contributed by atoms with Crippen molar-refractivity contribution in [2.75, 3.05) is 12.3 Å². The minimum absolute atomic E-state index is 0.0717. The van der Waals surface area contributed by atoms with E-state index in [4.69, 9.17) is 0 Å². The minimum atomic E-state index is -0.0717. The number of aryl methyl sites for hydroxylation is 2. The molecule has 1 aromatic carbocycles. The standard InChI is InChI=1S/C14H17N3OS/c1-11-3-5-13(6-4-11)19-8-7-15-14(18)12-9-16-17(2)10-12/h3-6,9-10H,7-8H2,1-2H3,(H,15,18). The molecular formula is C14H17N3OS. The highest BCUT2D eigenvalue weighted by Gasteiger charge is 2.06. The zero-order valence-corrected chi connectivity index (χ0v) is 11.9. The van der Waals surface area contributed by atoms with Gasteiger partial charge in [0.25, 0.3) is 5.91 Å². The van der Waals surface area contributed by atoms with Gasteiger partial charge in [-0.05, 0) is 19.1 Å². The van der Waals surface area contributed by atoms with Crippen molar-refractivity contribution in [1.29, 1.82) is 0 Å². The number of nitrogens with one attached hydrogen (secondary N) is 1. The molecule has 5 heteroatoms. The van der Waals surface area contributed by atoms with Crippen LogP contribution < -0.4 is 5.32 Å². The van der Waals surface area contributed by atoms with Crippen molar-refractivity contribution in [1.82, 2.24) is 15.1 Å². The monoisotopic (exact) mass is 275 g/mol. The van der Waals surface area contributed by atoms with Gasteiger partial charge in [0.1, 0.15) is 0 Å². The summed E-state index contributed by atoms with van der Waals surface area (Å²) in [6, 6.07) is 8.39. The molecular weight excluding hydrogens is 258 g/mol. The number of nitrogens with zero attached hydrogens (tertiary/aromatic N) is 2. The topological polar surface area (TPSA) is 46.9 Å². The van der Waals surface area contributed by atoms with Gasteiger partial charge in [0.2, 0.25) is 0 Å². The molecule has 4 nitrogen and oxygen atoms in total. The average molecular weight is 275 g/mol. The molecule has 2 aromatic rings. The van der Waals surface area contributed by atoms with Gasteiger partial charge in [0.15, 0.2) is 0 Å². The Bertz CT molecular complexity index is 548. The van der Waals surface area contributed by atoms with Crippen LogP contribution in [0.25, 0.3) is 0 Å². The SMILES string of the molecule is Cc1ccc(SCCNC(=O)c2cnn(C)c2)cc1. The lowest BCUT2D eigenvalue weighted by Gasteiger charge is -2.04. The number of carbonyl (C=O) groups is 1. The number of thioether (sulfide) groups is 1. The number of aromatic nitrogens is 2. The number of hydrogen-bond acceptors (Lipinski definition) is 3. The Hall–Kier alpha value is -1.75. The van der Waals surface area contributed by atoms with Crippen LogP contribution in [0.4, 0.5) is 0 Å². The van der Waals surface area contributed by atoms with Gasteiger partial charge in [-0.2, -0.15) is 5.10 Å². The number of carbonyl (C=O) groups excluding carboxylic acids is 1. The molecule has 0 fully saturated rings. The molecule has 0 bridgehead atoms. The predicted molar refractivity (Wildman–Crippen MR) is 77.4 cm³/mol. The molecule has 1 amide bonds. The molecule has 0 saturated heterocycles. The molecule has 0 radical (unpaired) electrons. The smallest absolute Gasteiger partial charge is 0.254 e. The lowest BCUT2D eigenvalue weighted by atomic mass is 10.2. The summed E-state index contributed by atoms with van der Waals surface area (Å²) in [7, 11) is 1.80. The maximum absolute atomic E-state index is 11.7. The van der Waals surface area contributed by atoms with E-state index in [-0.39, 0.29) is 5.91 Å². The van der Waals surface area contributed by atoms with Crippen LogP contribution in [0.1, 0.15) is 15.9 Å². The second-order valence-corrected chi connectivity index (χ2v) is 5.49. The molecule has 0 unspecified atom stereocenters. The van der Waals surface area contributed by atoms with E-state index in [1.165, 1.54) is 10.5 Å². The molecule has 2 rings (SSSR count). The number of amides is 1. The molecule has 1 heterocycles. The maximum atomic E-state index is 11.7. The Morgan fingerprint density at radius 2 is 2.11 bits per heavy atom. The van der Waals surface area contributed by atoms with Crippen molar-refractivity contribution in [3.05, 3.63) is 47.8 Å². The van der Waals surface area contributed by atoms with E-state index >= 15 is 0 Å². The van der Waals surface area contributed by atoms with Gasteiger partial charge >= 0.3 is 0 Å². The van der Waals surface area contributed by atoms with Crippen LogP contribution >= 0.6 is 11.8 Å². The Kier molecular flexibility index (Phi) is 4.63. The Morgan fingerprint density at radius 1 is 1.37 bits per heavy atom. The lowest BCUT2D eigenvalue weighted by Crippen LogP contribution is -2.25. The fourth-order valence-electron chi connectivity index (χ4n) is 1.61. The Labute approximate surface area is 117 Å². The van der Waals surface area contributed by atoms with E-state index in [0.29, 0.717) is 12.1 Å². The van der Waals surface area contributed by atoms with Crippen LogP contribution in [0.15, 0.2) is 41.6 Å².